The Morgan fingerprint density at radius 3 is 1.55 bits per heavy atom. The summed E-state index contributed by atoms with van der Waals surface area (Å²) in [6, 6.07) is 57.4. The molecule has 8 aromatic carbocycles. The Morgan fingerprint density at radius 1 is 0.327 bits per heavy atom. The van der Waals surface area contributed by atoms with Gasteiger partial charge >= 0.3 is 0 Å². The minimum absolute atomic E-state index is 0.946. The number of hydrogen-bond donors (Lipinski definition) is 0. The lowest BCUT2D eigenvalue weighted by Gasteiger charge is -2.11. The van der Waals surface area contributed by atoms with E-state index in [4.69, 9.17) is 4.98 Å². The van der Waals surface area contributed by atoms with Gasteiger partial charge in [0.2, 0.25) is 0 Å². The third-order valence-corrected chi connectivity index (χ3v) is 11.0. The fraction of sp³-hybridized carbons (Fsp3) is 0. The van der Waals surface area contributed by atoms with Crippen LogP contribution in [-0.2, 0) is 0 Å². The molecule has 0 bridgehead atoms. The van der Waals surface area contributed by atoms with Gasteiger partial charge in [-0.25, -0.2) is 0 Å². The number of rotatable bonds is 4. The van der Waals surface area contributed by atoms with Crippen molar-refractivity contribution in [1.29, 1.82) is 0 Å². The molecule has 0 amide bonds. The van der Waals surface area contributed by atoms with Crippen LogP contribution >= 0.6 is 11.3 Å². The molecule has 0 N–H and O–H groups in total. The second-order valence-electron chi connectivity index (χ2n) is 12.6. The van der Waals surface area contributed by atoms with Crippen LogP contribution in [0.2, 0.25) is 0 Å². The lowest BCUT2D eigenvalue weighted by Crippen LogP contribution is -1.89. The zero-order valence-corrected chi connectivity index (χ0v) is 27.3. The second-order valence-corrected chi connectivity index (χ2v) is 13.6. The molecular formula is C46H28N2S. The van der Waals surface area contributed by atoms with Crippen LogP contribution in [0.1, 0.15) is 0 Å². The van der Waals surface area contributed by atoms with Crippen molar-refractivity contribution in [1.82, 2.24) is 9.97 Å². The summed E-state index contributed by atoms with van der Waals surface area (Å²) in [5.41, 5.74) is 11.7. The van der Waals surface area contributed by atoms with Gasteiger partial charge < -0.3 is 0 Å². The highest BCUT2D eigenvalue weighted by Gasteiger charge is 2.13. The number of nitrogens with zero attached hydrogens (tertiary/aromatic N) is 2. The summed E-state index contributed by atoms with van der Waals surface area (Å²) in [6.45, 7) is 0. The molecular weight excluding hydrogens is 613 g/mol. The number of fused-ring (bicyclic) bond motifs is 9. The van der Waals surface area contributed by atoms with E-state index in [0.717, 1.165) is 21.8 Å². The lowest BCUT2D eigenvalue weighted by molar-refractivity contribution is 1.31. The fourth-order valence-electron chi connectivity index (χ4n) is 7.36. The van der Waals surface area contributed by atoms with Gasteiger partial charge in [-0.15, -0.1) is 11.3 Å². The number of thiophene rings is 1. The molecule has 3 heteroatoms. The fourth-order valence-corrected chi connectivity index (χ4v) is 8.60. The summed E-state index contributed by atoms with van der Waals surface area (Å²) in [4.78, 5) is 9.38. The molecule has 0 radical (unpaired) electrons. The molecule has 0 atom stereocenters. The summed E-state index contributed by atoms with van der Waals surface area (Å²) >= 11 is 1.88. The van der Waals surface area contributed by atoms with Crippen molar-refractivity contribution in [3.8, 4) is 44.5 Å². The Kier molecular flexibility index (Phi) is 6.39. The van der Waals surface area contributed by atoms with Crippen molar-refractivity contribution in [2.75, 3.05) is 0 Å². The lowest BCUT2D eigenvalue weighted by atomic mass is 9.94. The average Bonchev–Trinajstić information content (AvgIpc) is 3.57. The van der Waals surface area contributed by atoms with Crippen molar-refractivity contribution in [2.24, 2.45) is 0 Å². The molecule has 49 heavy (non-hydrogen) atoms. The third-order valence-electron chi connectivity index (χ3n) is 9.79. The largest absolute Gasteiger partial charge is 0.252 e. The van der Waals surface area contributed by atoms with Crippen molar-refractivity contribution in [3.63, 3.8) is 0 Å². The van der Waals surface area contributed by atoms with Crippen LogP contribution in [0.3, 0.4) is 0 Å². The molecule has 0 aliphatic heterocycles. The maximum Gasteiger partial charge on any atom is 0.0971 e. The molecule has 0 fully saturated rings. The van der Waals surface area contributed by atoms with Gasteiger partial charge in [0.1, 0.15) is 0 Å². The normalized spacial score (nSPS) is 11.7. The van der Waals surface area contributed by atoms with Crippen LogP contribution in [0.25, 0.3) is 97.3 Å². The smallest absolute Gasteiger partial charge is 0.0971 e. The zero-order valence-electron chi connectivity index (χ0n) is 26.5. The Hall–Kier alpha value is -6.16. The maximum absolute atomic E-state index is 4.71. The van der Waals surface area contributed by atoms with Crippen molar-refractivity contribution in [3.05, 3.63) is 170 Å². The van der Waals surface area contributed by atoms with Gasteiger partial charge in [0.25, 0.3) is 0 Å². The Balaban J connectivity index is 0.957. The molecule has 10 rings (SSSR count). The standard InChI is InChI=1S/C46H28N2S/c1-2-11-39-37(9-1)42-28-34(23-24-40(42)45-44(39)47-25-26-48-45)32-21-17-30(18-22-32)29-15-19-31(20-16-29)33-7-5-8-35(27-33)36-12-6-13-41-38-10-3-4-14-43(38)49-46(36)41/h1-28H. The van der Waals surface area contributed by atoms with E-state index in [9.17, 15) is 0 Å². The first-order valence-electron chi connectivity index (χ1n) is 16.6. The van der Waals surface area contributed by atoms with Crippen molar-refractivity contribution < 1.29 is 0 Å². The molecule has 0 unspecified atom stereocenters. The van der Waals surface area contributed by atoms with Crippen LogP contribution in [0.4, 0.5) is 0 Å². The minimum Gasteiger partial charge on any atom is -0.252 e. The van der Waals surface area contributed by atoms with E-state index in [2.05, 4.69) is 163 Å². The maximum atomic E-state index is 4.71. The highest BCUT2D eigenvalue weighted by molar-refractivity contribution is 7.26. The highest BCUT2D eigenvalue weighted by atomic mass is 32.1. The molecule has 0 aliphatic carbocycles. The molecule has 228 valence electrons. The van der Waals surface area contributed by atoms with Crippen LogP contribution < -0.4 is 0 Å². The zero-order chi connectivity index (χ0) is 32.3. The van der Waals surface area contributed by atoms with Gasteiger partial charge in [0.15, 0.2) is 0 Å². The number of benzene rings is 8. The molecule has 0 aliphatic rings. The molecule has 2 aromatic heterocycles. The molecule has 10 aromatic rings. The Labute approximate surface area is 287 Å². The van der Waals surface area contributed by atoms with Gasteiger partial charge in [-0.2, -0.15) is 0 Å². The molecule has 0 spiro atoms. The number of aromatic nitrogens is 2. The molecule has 0 saturated heterocycles. The van der Waals surface area contributed by atoms with E-state index >= 15 is 0 Å². The summed E-state index contributed by atoms with van der Waals surface area (Å²) in [6.07, 6.45) is 3.55. The van der Waals surface area contributed by atoms with E-state index in [0.29, 0.717) is 0 Å². The predicted octanol–water partition coefficient (Wildman–Crippen LogP) is 13.0. The van der Waals surface area contributed by atoms with Crippen LogP contribution in [-0.4, -0.2) is 9.97 Å². The van der Waals surface area contributed by atoms with Gasteiger partial charge in [0, 0.05) is 43.3 Å². The van der Waals surface area contributed by atoms with E-state index in [1.165, 1.54) is 75.5 Å². The average molecular weight is 641 g/mol. The Morgan fingerprint density at radius 2 is 0.837 bits per heavy atom. The third kappa shape index (κ3) is 4.62. The molecule has 2 nitrogen and oxygen atoms in total. The van der Waals surface area contributed by atoms with Crippen LogP contribution in [0.5, 0.6) is 0 Å². The van der Waals surface area contributed by atoms with E-state index in [1.54, 1.807) is 12.4 Å². The monoisotopic (exact) mass is 640 g/mol. The first kappa shape index (κ1) is 27.9. The topological polar surface area (TPSA) is 25.8 Å². The summed E-state index contributed by atoms with van der Waals surface area (Å²) in [7, 11) is 0. The summed E-state index contributed by atoms with van der Waals surface area (Å²) < 4.78 is 2.68. The molecule has 0 saturated carbocycles. The van der Waals surface area contributed by atoms with Gasteiger partial charge in [-0.3, -0.25) is 9.97 Å². The highest BCUT2D eigenvalue weighted by Crippen LogP contribution is 2.41. The second kappa shape index (κ2) is 11.2. The first-order chi connectivity index (χ1) is 24.3. The van der Waals surface area contributed by atoms with Crippen molar-refractivity contribution >= 4 is 64.1 Å². The van der Waals surface area contributed by atoms with Gasteiger partial charge in [0.05, 0.1) is 11.0 Å². The molecule has 2 heterocycles. The van der Waals surface area contributed by atoms with Gasteiger partial charge in [-0.1, -0.05) is 140 Å². The summed E-state index contributed by atoms with van der Waals surface area (Å²) in [5.74, 6) is 0. The van der Waals surface area contributed by atoms with E-state index in [-0.39, 0.29) is 0 Å². The van der Waals surface area contributed by atoms with E-state index in [1.807, 2.05) is 11.3 Å². The summed E-state index contributed by atoms with van der Waals surface area (Å²) in [5, 5.41) is 7.33. The Bertz CT molecular complexity index is 2830. The van der Waals surface area contributed by atoms with E-state index < -0.39 is 0 Å². The van der Waals surface area contributed by atoms with Gasteiger partial charge in [-0.05, 0) is 73.5 Å². The quantitative estimate of drug-likeness (QED) is 0.179. The van der Waals surface area contributed by atoms with Crippen LogP contribution in [0.15, 0.2) is 170 Å². The van der Waals surface area contributed by atoms with Crippen molar-refractivity contribution in [2.45, 2.75) is 0 Å². The van der Waals surface area contributed by atoms with Crippen LogP contribution in [0, 0.1) is 0 Å². The number of hydrogen-bond acceptors (Lipinski definition) is 3. The SMILES string of the molecule is c1cc(-c2ccc(-c3ccc(-c4ccc5c(c4)c4ccccc4c4nccnc54)cc3)cc2)cc(-c2cccc3c2sc2ccccc23)c1. The minimum atomic E-state index is 0.946. The predicted molar refractivity (Wildman–Crippen MR) is 209 cm³/mol. The first-order valence-corrected chi connectivity index (χ1v) is 17.4.